The van der Waals surface area contributed by atoms with Crippen LogP contribution in [0.3, 0.4) is 0 Å². The van der Waals surface area contributed by atoms with E-state index >= 15 is 0 Å². The third-order valence-electron chi connectivity index (χ3n) is 5.38. The Kier molecular flexibility index (Phi) is 5.18. The second kappa shape index (κ2) is 7.05. The predicted octanol–water partition coefficient (Wildman–Crippen LogP) is 1.73. The number of nitrogens with zero attached hydrogens (tertiary/aromatic N) is 2. The molecule has 2 aliphatic rings. The lowest BCUT2D eigenvalue weighted by Gasteiger charge is -2.22. The normalized spacial score (nSPS) is 23.3. The fourth-order valence-corrected chi connectivity index (χ4v) is 5.45. The minimum Gasteiger partial charge on any atom is -0.328 e. The predicted molar refractivity (Wildman–Crippen MR) is 97.9 cm³/mol. The van der Waals surface area contributed by atoms with Gasteiger partial charge >= 0.3 is 0 Å². The topological polar surface area (TPSA) is 83.7 Å². The summed E-state index contributed by atoms with van der Waals surface area (Å²) >= 11 is 0. The summed E-state index contributed by atoms with van der Waals surface area (Å²) in [7, 11) is -3.47. The van der Waals surface area contributed by atoms with E-state index in [9.17, 15) is 13.2 Å². The standard InChI is InChI=1S/C18H27N3O3S/c1-3-20(4-2)25(23,24)16-7-8-17-13(12-16)9-10-21(17)18(22)14-5-6-15(19)11-14/h7-8,12,14-15H,3-6,9-11,19H2,1-2H3. The van der Waals surface area contributed by atoms with Gasteiger partial charge in [0.1, 0.15) is 0 Å². The number of hydrogen-bond acceptors (Lipinski definition) is 4. The first-order valence-electron chi connectivity index (χ1n) is 9.08. The molecule has 3 rings (SSSR count). The Morgan fingerprint density at radius 3 is 2.60 bits per heavy atom. The van der Waals surface area contributed by atoms with Crippen LogP contribution in [-0.4, -0.2) is 44.3 Å². The van der Waals surface area contributed by atoms with E-state index in [0.29, 0.717) is 31.0 Å². The lowest BCUT2D eigenvalue weighted by Crippen LogP contribution is -2.34. The van der Waals surface area contributed by atoms with Crippen LogP contribution in [0.4, 0.5) is 5.69 Å². The van der Waals surface area contributed by atoms with Crippen LogP contribution in [0.15, 0.2) is 23.1 Å². The zero-order valence-corrected chi connectivity index (χ0v) is 15.8. The zero-order valence-electron chi connectivity index (χ0n) is 14.9. The van der Waals surface area contributed by atoms with Gasteiger partial charge in [-0.05, 0) is 49.4 Å². The molecule has 1 aliphatic carbocycles. The van der Waals surface area contributed by atoms with Crippen LogP contribution >= 0.6 is 0 Å². The van der Waals surface area contributed by atoms with Gasteiger partial charge in [-0.1, -0.05) is 13.8 Å². The van der Waals surface area contributed by atoms with Crippen molar-refractivity contribution in [1.29, 1.82) is 0 Å². The fraction of sp³-hybridized carbons (Fsp3) is 0.611. The molecule has 0 radical (unpaired) electrons. The highest BCUT2D eigenvalue weighted by Gasteiger charge is 2.35. The zero-order chi connectivity index (χ0) is 18.2. The van der Waals surface area contributed by atoms with Gasteiger partial charge in [0, 0.05) is 37.3 Å². The van der Waals surface area contributed by atoms with E-state index in [1.165, 1.54) is 4.31 Å². The average Bonchev–Trinajstić information content (AvgIpc) is 3.20. The Balaban J connectivity index is 1.85. The molecule has 1 aromatic carbocycles. The van der Waals surface area contributed by atoms with Gasteiger partial charge in [-0.25, -0.2) is 8.42 Å². The van der Waals surface area contributed by atoms with E-state index in [2.05, 4.69) is 0 Å². The number of nitrogens with two attached hydrogens (primary N) is 1. The summed E-state index contributed by atoms with van der Waals surface area (Å²) in [6, 6.07) is 5.26. The fourth-order valence-electron chi connectivity index (χ4n) is 3.94. The minimum atomic E-state index is -3.47. The smallest absolute Gasteiger partial charge is 0.243 e. The van der Waals surface area contributed by atoms with Crippen LogP contribution in [0, 0.1) is 5.92 Å². The Hall–Kier alpha value is -1.44. The number of sulfonamides is 1. The Labute approximate surface area is 150 Å². The molecule has 1 saturated carbocycles. The number of hydrogen-bond donors (Lipinski definition) is 1. The maximum atomic E-state index is 12.8. The van der Waals surface area contributed by atoms with E-state index in [1.807, 2.05) is 18.7 Å². The maximum Gasteiger partial charge on any atom is 0.243 e. The molecule has 2 unspecified atom stereocenters. The molecule has 25 heavy (non-hydrogen) atoms. The van der Waals surface area contributed by atoms with Gasteiger partial charge in [0.05, 0.1) is 4.90 Å². The van der Waals surface area contributed by atoms with Crippen molar-refractivity contribution in [3.05, 3.63) is 23.8 Å². The lowest BCUT2D eigenvalue weighted by atomic mass is 10.1. The molecule has 138 valence electrons. The molecule has 1 fully saturated rings. The molecule has 2 atom stereocenters. The molecular weight excluding hydrogens is 338 g/mol. The van der Waals surface area contributed by atoms with Crippen LogP contribution in [0.5, 0.6) is 0 Å². The minimum absolute atomic E-state index is 0.0000310. The number of anilines is 1. The van der Waals surface area contributed by atoms with Crippen molar-refractivity contribution in [3.63, 3.8) is 0 Å². The van der Waals surface area contributed by atoms with Crippen molar-refractivity contribution in [1.82, 2.24) is 4.31 Å². The van der Waals surface area contributed by atoms with Crippen molar-refractivity contribution >= 4 is 21.6 Å². The highest BCUT2D eigenvalue weighted by atomic mass is 32.2. The summed E-state index contributed by atoms with van der Waals surface area (Å²) in [6.07, 6.45) is 3.19. The average molecular weight is 365 g/mol. The van der Waals surface area contributed by atoms with Crippen molar-refractivity contribution < 1.29 is 13.2 Å². The summed E-state index contributed by atoms with van der Waals surface area (Å²) < 4.78 is 26.8. The van der Waals surface area contributed by atoms with Crippen LogP contribution in [-0.2, 0) is 21.2 Å². The Bertz CT molecular complexity index is 759. The summed E-state index contributed by atoms with van der Waals surface area (Å²) in [5, 5.41) is 0. The monoisotopic (exact) mass is 365 g/mol. The van der Waals surface area contributed by atoms with Gasteiger partial charge in [-0.3, -0.25) is 4.79 Å². The second-order valence-electron chi connectivity index (χ2n) is 6.89. The summed E-state index contributed by atoms with van der Waals surface area (Å²) in [4.78, 5) is 14.9. The van der Waals surface area contributed by atoms with E-state index in [-0.39, 0.29) is 17.9 Å². The highest BCUT2D eigenvalue weighted by molar-refractivity contribution is 7.89. The quantitative estimate of drug-likeness (QED) is 0.861. The van der Waals surface area contributed by atoms with Gasteiger partial charge in [-0.2, -0.15) is 4.31 Å². The van der Waals surface area contributed by atoms with Crippen LogP contribution < -0.4 is 10.6 Å². The number of benzene rings is 1. The molecular formula is C18H27N3O3S. The molecule has 1 amide bonds. The number of rotatable bonds is 5. The van der Waals surface area contributed by atoms with E-state index in [0.717, 1.165) is 30.5 Å². The Morgan fingerprint density at radius 1 is 1.28 bits per heavy atom. The summed E-state index contributed by atoms with van der Waals surface area (Å²) in [5.41, 5.74) is 7.72. The van der Waals surface area contributed by atoms with Crippen molar-refractivity contribution in [2.24, 2.45) is 11.7 Å². The maximum absolute atomic E-state index is 12.8. The molecule has 1 aliphatic heterocycles. The van der Waals surface area contributed by atoms with Crippen LogP contribution in [0.2, 0.25) is 0 Å². The number of carbonyl (C=O) groups excluding carboxylic acids is 1. The van der Waals surface area contributed by atoms with E-state index < -0.39 is 10.0 Å². The third kappa shape index (κ3) is 3.32. The number of amides is 1. The first-order valence-corrected chi connectivity index (χ1v) is 10.5. The molecule has 0 saturated heterocycles. The van der Waals surface area contributed by atoms with Gasteiger partial charge in [0.15, 0.2) is 0 Å². The van der Waals surface area contributed by atoms with Crippen LogP contribution in [0.1, 0.15) is 38.7 Å². The highest BCUT2D eigenvalue weighted by Crippen LogP contribution is 2.34. The molecule has 0 bridgehead atoms. The number of carbonyl (C=O) groups is 1. The van der Waals surface area contributed by atoms with E-state index in [4.69, 9.17) is 5.73 Å². The molecule has 0 aromatic heterocycles. The summed E-state index contributed by atoms with van der Waals surface area (Å²) in [5.74, 6) is 0.131. The first-order chi connectivity index (χ1) is 11.9. The molecule has 7 heteroatoms. The first kappa shape index (κ1) is 18.4. The Morgan fingerprint density at radius 2 is 2.00 bits per heavy atom. The van der Waals surface area contributed by atoms with Crippen LogP contribution in [0.25, 0.3) is 0 Å². The SMILES string of the molecule is CCN(CC)S(=O)(=O)c1ccc2c(c1)CCN2C(=O)C1CCC(N)C1. The molecule has 1 heterocycles. The van der Waals surface area contributed by atoms with Gasteiger partial charge in [0.2, 0.25) is 15.9 Å². The lowest BCUT2D eigenvalue weighted by molar-refractivity contribution is -0.122. The summed E-state index contributed by atoms with van der Waals surface area (Å²) in [6.45, 7) is 5.18. The third-order valence-corrected chi connectivity index (χ3v) is 7.42. The van der Waals surface area contributed by atoms with Crippen molar-refractivity contribution in [3.8, 4) is 0 Å². The van der Waals surface area contributed by atoms with Gasteiger partial charge in [-0.15, -0.1) is 0 Å². The molecule has 0 spiro atoms. The molecule has 6 nitrogen and oxygen atoms in total. The second-order valence-corrected chi connectivity index (χ2v) is 8.83. The van der Waals surface area contributed by atoms with Gasteiger partial charge in [0.25, 0.3) is 0 Å². The van der Waals surface area contributed by atoms with E-state index in [1.54, 1.807) is 18.2 Å². The van der Waals surface area contributed by atoms with Crippen molar-refractivity contribution in [2.45, 2.75) is 50.5 Å². The molecule has 2 N–H and O–H groups in total. The van der Waals surface area contributed by atoms with Gasteiger partial charge < -0.3 is 10.6 Å². The largest absolute Gasteiger partial charge is 0.328 e. The molecule has 1 aromatic rings. The van der Waals surface area contributed by atoms with Crippen molar-refractivity contribution in [2.75, 3.05) is 24.5 Å². The number of fused-ring (bicyclic) bond motifs is 1.